The zero-order chi connectivity index (χ0) is 13.4. The van der Waals surface area contributed by atoms with Crippen LogP contribution < -0.4 is 4.74 Å². The average molecular weight is 248 g/mol. The summed E-state index contributed by atoms with van der Waals surface area (Å²) in [5.41, 5.74) is 2.05. The van der Waals surface area contributed by atoms with Gasteiger partial charge in [0.05, 0.1) is 13.7 Å². The van der Waals surface area contributed by atoms with Gasteiger partial charge in [0.25, 0.3) is 0 Å². The molecular formula is C15H20O3. The van der Waals surface area contributed by atoms with Gasteiger partial charge >= 0.3 is 5.97 Å². The molecule has 1 rings (SSSR count). The van der Waals surface area contributed by atoms with Crippen molar-refractivity contribution in [2.24, 2.45) is 0 Å². The van der Waals surface area contributed by atoms with Gasteiger partial charge in [0.1, 0.15) is 5.75 Å². The first kappa shape index (κ1) is 14.3. The summed E-state index contributed by atoms with van der Waals surface area (Å²) in [5.74, 6) is 0.522. The summed E-state index contributed by atoms with van der Waals surface area (Å²) >= 11 is 0. The Labute approximate surface area is 108 Å². The summed E-state index contributed by atoms with van der Waals surface area (Å²) in [4.78, 5) is 11.4. The lowest BCUT2D eigenvalue weighted by Crippen LogP contribution is -2.01. The number of ether oxygens (including phenoxy) is 2. The van der Waals surface area contributed by atoms with E-state index < -0.39 is 0 Å². The van der Waals surface area contributed by atoms with E-state index >= 15 is 0 Å². The molecule has 0 atom stereocenters. The van der Waals surface area contributed by atoms with Gasteiger partial charge < -0.3 is 9.47 Å². The Morgan fingerprint density at radius 2 is 2.17 bits per heavy atom. The van der Waals surface area contributed by atoms with Gasteiger partial charge in [-0.2, -0.15) is 0 Å². The van der Waals surface area contributed by atoms with Crippen molar-refractivity contribution in [1.29, 1.82) is 0 Å². The number of carbonyl (C=O) groups is 1. The van der Waals surface area contributed by atoms with E-state index in [9.17, 15) is 4.79 Å². The highest BCUT2D eigenvalue weighted by molar-refractivity contribution is 5.87. The van der Waals surface area contributed by atoms with Crippen molar-refractivity contribution >= 4 is 12.0 Å². The Kier molecular flexibility index (Phi) is 5.98. The molecule has 0 saturated carbocycles. The topological polar surface area (TPSA) is 35.5 Å². The van der Waals surface area contributed by atoms with Crippen molar-refractivity contribution < 1.29 is 14.3 Å². The standard InChI is InChI=1S/C15H20O3/c1-4-5-10-18-15(16)9-7-13-6-8-14(17-3)11-12(13)2/h6-9,11H,4-5,10H2,1-3H3/b9-7+. The molecular weight excluding hydrogens is 228 g/mol. The number of carbonyl (C=O) groups excluding carboxylic acids is 1. The molecule has 1 aromatic rings. The average Bonchev–Trinajstić information content (AvgIpc) is 2.37. The second-order valence-electron chi connectivity index (χ2n) is 4.08. The molecule has 0 fully saturated rings. The summed E-state index contributed by atoms with van der Waals surface area (Å²) in [7, 11) is 1.63. The Morgan fingerprint density at radius 1 is 1.39 bits per heavy atom. The van der Waals surface area contributed by atoms with Crippen LogP contribution in [0, 0.1) is 6.92 Å². The summed E-state index contributed by atoms with van der Waals surface area (Å²) < 4.78 is 10.2. The summed E-state index contributed by atoms with van der Waals surface area (Å²) in [5, 5.41) is 0. The van der Waals surface area contributed by atoms with E-state index in [4.69, 9.17) is 9.47 Å². The zero-order valence-electron chi connectivity index (χ0n) is 11.2. The Bertz CT molecular complexity index is 422. The van der Waals surface area contributed by atoms with Gasteiger partial charge in [-0.15, -0.1) is 0 Å². The van der Waals surface area contributed by atoms with Crippen molar-refractivity contribution in [3.8, 4) is 5.75 Å². The predicted molar refractivity (Wildman–Crippen MR) is 72.6 cm³/mol. The molecule has 0 radical (unpaired) electrons. The van der Waals surface area contributed by atoms with E-state index in [1.807, 2.05) is 25.1 Å². The van der Waals surface area contributed by atoms with Gasteiger partial charge in [-0.1, -0.05) is 19.4 Å². The maximum Gasteiger partial charge on any atom is 0.330 e. The summed E-state index contributed by atoms with van der Waals surface area (Å²) in [6.45, 7) is 4.52. The Morgan fingerprint density at radius 3 is 2.78 bits per heavy atom. The number of esters is 1. The number of unbranched alkanes of at least 4 members (excludes halogenated alkanes) is 1. The van der Waals surface area contributed by atoms with Gasteiger partial charge in [-0.3, -0.25) is 0 Å². The molecule has 0 spiro atoms. The SMILES string of the molecule is CCCCOC(=O)/C=C/c1ccc(OC)cc1C. The lowest BCUT2D eigenvalue weighted by molar-refractivity contribution is -0.137. The van der Waals surface area contributed by atoms with Crippen LogP contribution in [0.25, 0.3) is 6.08 Å². The van der Waals surface area contributed by atoms with Crippen molar-refractivity contribution in [3.05, 3.63) is 35.4 Å². The monoisotopic (exact) mass is 248 g/mol. The van der Waals surface area contributed by atoms with Gasteiger partial charge in [0.15, 0.2) is 0 Å². The van der Waals surface area contributed by atoms with Crippen LogP contribution in [0.5, 0.6) is 5.75 Å². The van der Waals surface area contributed by atoms with Gasteiger partial charge in [-0.05, 0) is 42.7 Å². The maximum atomic E-state index is 11.4. The largest absolute Gasteiger partial charge is 0.497 e. The normalized spacial score (nSPS) is 10.6. The van der Waals surface area contributed by atoms with Crippen LogP contribution in [0.3, 0.4) is 0 Å². The highest BCUT2D eigenvalue weighted by Crippen LogP contribution is 2.17. The van der Waals surface area contributed by atoms with E-state index in [2.05, 4.69) is 6.92 Å². The molecule has 0 bridgehead atoms. The van der Waals surface area contributed by atoms with Gasteiger partial charge in [-0.25, -0.2) is 4.79 Å². The first-order chi connectivity index (χ1) is 8.67. The van der Waals surface area contributed by atoms with Gasteiger partial charge in [0, 0.05) is 6.08 Å². The van der Waals surface area contributed by atoms with Crippen LogP contribution in [0.2, 0.25) is 0 Å². The Balaban J connectivity index is 2.58. The third-order valence-corrected chi connectivity index (χ3v) is 2.62. The molecule has 0 aliphatic heterocycles. The van der Waals surface area contributed by atoms with E-state index in [1.165, 1.54) is 6.08 Å². The third kappa shape index (κ3) is 4.62. The maximum absolute atomic E-state index is 11.4. The van der Waals surface area contributed by atoms with Crippen LogP contribution in [-0.2, 0) is 9.53 Å². The van der Waals surface area contributed by atoms with E-state index in [0.717, 1.165) is 29.7 Å². The minimum absolute atomic E-state index is 0.293. The lowest BCUT2D eigenvalue weighted by atomic mass is 10.1. The highest BCUT2D eigenvalue weighted by Gasteiger charge is 1.99. The molecule has 0 aliphatic carbocycles. The molecule has 1 aromatic carbocycles. The molecule has 0 saturated heterocycles. The molecule has 0 N–H and O–H groups in total. The fraction of sp³-hybridized carbons (Fsp3) is 0.400. The number of benzene rings is 1. The minimum atomic E-state index is -0.293. The molecule has 0 unspecified atom stereocenters. The molecule has 0 heterocycles. The molecule has 18 heavy (non-hydrogen) atoms. The fourth-order valence-electron chi connectivity index (χ4n) is 1.49. The number of hydrogen-bond acceptors (Lipinski definition) is 3. The summed E-state index contributed by atoms with van der Waals surface area (Å²) in [6.07, 6.45) is 5.16. The molecule has 3 nitrogen and oxygen atoms in total. The zero-order valence-corrected chi connectivity index (χ0v) is 11.2. The minimum Gasteiger partial charge on any atom is -0.497 e. The van der Waals surface area contributed by atoms with Crippen molar-refractivity contribution in [2.75, 3.05) is 13.7 Å². The lowest BCUT2D eigenvalue weighted by Gasteiger charge is -2.04. The smallest absolute Gasteiger partial charge is 0.330 e. The molecule has 0 aromatic heterocycles. The van der Waals surface area contributed by atoms with E-state index in [0.29, 0.717) is 6.61 Å². The second kappa shape index (κ2) is 7.54. The molecule has 0 aliphatic rings. The molecule has 0 amide bonds. The van der Waals surface area contributed by atoms with Crippen LogP contribution in [0.15, 0.2) is 24.3 Å². The Hall–Kier alpha value is -1.77. The first-order valence-corrected chi connectivity index (χ1v) is 6.17. The van der Waals surface area contributed by atoms with E-state index in [-0.39, 0.29) is 5.97 Å². The van der Waals surface area contributed by atoms with Crippen LogP contribution in [0.1, 0.15) is 30.9 Å². The summed E-state index contributed by atoms with van der Waals surface area (Å²) in [6, 6.07) is 5.72. The number of methoxy groups -OCH3 is 1. The quantitative estimate of drug-likeness (QED) is 0.440. The number of hydrogen-bond donors (Lipinski definition) is 0. The van der Waals surface area contributed by atoms with Crippen LogP contribution in [-0.4, -0.2) is 19.7 Å². The molecule has 98 valence electrons. The number of rotatable bonds is 6. The van der Waals surface area contributed by atoms with Crippen molar-refractivity contribution in [2.45, 2.75) is 26.7 Å². The predicted octanol–water partition coefficient (Wildman–Crippen LogP) is 3.36. The van der Waals surface area contributed by atoms with Crippen molar-refractivity contribution in [3.63, 3.8) is 0 Å². The molecule has 3 heteroatoms. The van der Waals surface area contributed by atoms with Gasteiger partial charge in [0.2, 0.25) is 0 Å². The fourth-order valence-corrected chi connectivity index (χ4v) is 1.49. The van der Waals surface area contributed by atoms with Crippen LogP contribution >= 0.6 is 0 Å². The first-order valence-electron chi connectivity index (χ1n) is 6.17. The van der Waals surface area contributed by atoms with Crippen LogP contribution in [0.4, 0.5) is 0 Å². The third-order valence-electron chi connectivity index (χ3n) is 2.62. The highest BCUT2D eigenvalue weighted by atomic mass is 16.5. The number of aryl methyl sites for hydroxylation is 1. The van der Waals surface area contributed by atoms with E-state index in [1.54, 1.807) is 13.2 Å². The second-order valence-corrected chi connectivity index (χ2v) is 4.08. The van der Waals surface area contributed by atoms with Crippen molar-refractivity contribution in [1.82, 2.24) is 0 Å².